The van der Waals surface area contributed by atoms with Gasteiger partial charge in [-0.15, -0.1) is 0 Å². The molecule has 10 heteroatoms. The second-order valence-corrected chi connectivity index (χ2v) is 8.42. The lowest BCUT2D eigenvalue weighted by molar-refractivity contribution is 0.272. The molecule has 1 aliphatic rings. The average molecular weight is 432 g/mol. The Balaban J connectivity index is 1.38. The lowest BCUT2D eigenvalue weighted by atomic mass is 9.64. The normalized spacial score (nSPS) is 15.1. The third kappa shape index (κ3) is 3.73. The molecule has 0 spiro atoms. The fourth-order valence-corrected chi connectivity index (χ4v) is 3.92. The molecule has 1 aliphatic carbocycles. The van der Waals surface area contributed by atoms with Gasteiger partial charge in [0.05, 0.1) is 29.4 Å². The Labute approximate surface area is 185 Å². The molecule has 4 aromatic heterocycles. The zero-order chi connectivity index (χ0) is 22.1. The molecule has 1 fully saturated rings. The maximum atomic E-state index is 5.62. The zero-order valence-corrected chi connectivity index (χ0v) is 18.1. The molecule has 5 rings (SSSR count). The highest BCUT2D eigenvalue weighted by Gasteiger charge is 2.45. The van der Waals surface area contributed by atoms with Crippen molar-refractivity contribution >= 4 is 5.95 Å². The SMILES string of the molecule is CN(C)CCn1cc(-c2nc(C3(c4ccc(-c5cnc(N)nc5)nc4)CCC3)no2)cn1. The van der Waals surface area contributed by atoms with Gasteiger partial charge in [0.1, 0.15) is 0 Å². The van der Waals surface area contributed by atoms with Gasteiger partial charge >= 0.3 is 0 Å². The van der Waals surface area contributed by atoms with Crippen LogP contribution in [0.5, 0.6) is 0 Å². The smallest absolute Gasteiger partial charge is 0.261 e. The number of aromatic nitrogens is 7. The summed E-state index contributed by atoms with van der Waals surface area (Å²) in [6.45, 7) is 1.71. The summed E-state index contributed by atoms with van der Waals surface area (Å²) in [4.78, 5) is 19.6. The number of rotatable bonds is 7. The Kier molecular flexibility index (Phi) is 5.14. The maximum absolute atomic E-state index is 5.62. The summed E-state index contributed by atoms with van der Waals surface area (Å²) >= 11 is 0. The lowest BCUT2D eigenvalue weighted by Crippen LogP contribution is -2.36. The van der Waals surface area contributed by atoms with E-state index < -0.39 is 0 Å². The van der Waals surface area contributed by atoms with Crippen LogP contribution in [0.1, 0.15) is 30.7 Å². The summed E-state index contributed by atoms with van der Waals surface area (Å²) in [5.41, 5.74) is 8.83. The van der Waals surface area contributed by atoms with E-state index in [2.05, 4.69) is 36.2 Å². The Bertz CT molecular complexity index is 1190. The number of hydrogen-bond donors (Lipinski definition) is 1. The Morgan fingerprint density at radius 3 is 2.53 bits per heavy atom. The van der Waals surface area contributed by atoms with Crippen molar-refractivity contribution in [2.45, 2.75) is 31.2 Å². The molecule has 0 radical (unpaired) electrons. The molecule has 0 atom stereocenters. The van der Waals surface area contributed by atoms with Gasteiger partial charge in [-0.3, -0.25) is 9.67 Å². The van der Waals surface area contributed by atoms with Crippen molar-refractivity contribution in [3.8, 4) is 22.7 Å². The molecule has 4 aromatic rings. The first-order valence-electron chi connectivity index (χ1n) is 10.6. The zero-order valence-electron chi connectivity index (χ0n) is 18.1. The Morgan fingerprint density at radius 2 is 1.88 bits per heavy atom. The number of nitrogens with two attached hydrogens (primary N) is 1. The van der Waals surface area contributed by atoms with Crippen LogP contribution >= 0.6 is 0 Å². The van der Waals surface area contributed by atoms with Crippen molar-refractivity contribution in [2.24, 2.45) is 0 Å². The number of nitrogens with zero attached hydrogens (tertiary/aromatic N) is 8. The highest BCUT2D eigenvalue weighted by Crippen LogP contribution is 2.48. The van der Waals surface area contributed by atoms with E-state index in [-0.39, 0.29) is 11.4 Å². The number of nitrogen functional groups attached to an aromatic ring is 1. The van der Waals surface area contributed by atoms with Gasteiger partial charge in [-0.25, -0.2) is 9.97 Å². The predicted molar refractivity (Wildman–Crippen MR) is 118 cm³/mol. The van der Waals surface area contributed by atoms with Crippen molar-refractivity contribution in [2.75, 3.05) is 26.4 Å². The molecule has 10 nitrogen and oxygen atoms in total. The monoisotopic (exact) mass is 431 g/mol. The van der Waals surface area contributed by atoms with E-state index in [0.717, 1.165) is 54.7 Å². The first-order chi connectivity index (χ1) is 15.5. The van der Waals surface area contributed by atoms with E-state index >= 15 is 0 Å². The molecule has 0 amide bonds. The summed E-state index contributed by atoms with van der Waals surface area (Å²) < 4.78 is 7.51. The van der Waals surface area contributed by atoms with E-state index in [1.807, 2.05) is 37.2 Å². The fraction of sp³-hybridized carbons (Fsp3) is 0.364. The minimum Gasteiger partial charge on any atom is -0.368 e. The Morgan fingerprint density at radius 1 is 1.06 bits per heavy atom. The van der Waals surface area contributed by atoms with Crippen molar-refractivity contribution in [1.29, 1.82) is 0 Å². The molecule has 0 unspecified atom stereocenters. The van der Waals surface area contributed by atoms with Crippen LogP contribution in [0.4, 0.5) is 5.95 Å². The number of likely N-dealkylation sites (N-methyl/N-ethyl adjacent to an activating group) is 1. The minimum atomic E-state index is -0.272. The molecular weight excluding hydrogens is 406 g/mol. The van der Waals surface area contributed by atoms with Crippen molar-refractivity contribution in [3.63, 3.8) is 0 Å². The van der Waals surface area contributed by atoms with Gasteiger partial charge < -0.3 is 15.2 Å². The Hall–Kier alpha value is -3.66. The van der Waals surface area contributed by atoms with E-state index in [0.29, 0.717) is 11.7 Å². The third-order valence-electron chi connectivity index (χ3n) is 6.00. The number of pyridine rings is 1. The summed E-state index contributed by atoms with van der Waals surface area (Å²) in [5, 5.41) is 8.75. The van der Waals surface area contributed by atoms with Gasteiger partial charge in [0.15, 0.2) is 5.82 Å². The van der Waals surface area contributed by atoms with E-state index in [4.69, 9.17) is 15.2 Å². The first kappa shape index (κ1) is 20.3. The summed E-state index contributed by atoms with van der Waals surface area (Å²) in [6, 6.07) is 4.05. The summed E-state index contributed by atoms with van der Waals surface area (Å²) in [6.07, 6.45) is 12.0. The average Bonchev–Trinajstić information content (AvgIpc) is 3.43. The van der Waals surface area contributed by atoms with Crippen LogP contribution in [-0.4, -0.2) is 60.4 Å². The largest absolute Gasteiger partial charge is 0.368 e. The highest BCUT2D eigenvalue weighted by molar-refractivity contribution is 5.58. The van der Waals surface area contributed by atoms with Gasteiger partial charge in [-0.05, 0) is 38.6 Å². The minimum absolute atomic E-state index is 0.245. The molecule has 0 aliphatic heterocycles. The fourth-order valence-electron chi connectivity index (χ4n) is 3.92. The maximum Gasteiger partial charge on any atom is 0.261 e. The second-order valence-electron chi connectivity index (χ2n) is 8.42. The molecular formula is C22H25N9O. The molecule has 4 heterocycles. The van der Waals surface area contributed by atoms with E-state index in [1.54, 1.807) is 18.6 Å². The quantitative estimate of drug-likeness (QED) is 0.469. The molecule has 0 bridgehead atoms. The van der Waals surface area contributed by atoms with Gasteiger partial charge in [0.2, 0.25) is 5.95 Å². The van der Waals surface area contributed by atoms with Gasteiger partial charge in [-0.2, -0.15) is 10.1 Å². The second kappa shape index (κ2) is 8.12. The van der Waals surface area contributed by atoms with Crippen LogP contribution in [0.25, 0.3) is 22.7 Å². The van der Waals surface area contributed by atoms with Crippen molar-refractivity contribution in [1.82, 2.24) is 39.8 Å². The van der Waals surface area contributed by atoms with Crippen LogP contribution in [0.3, 0.4) is 0 Å². The number of anilines is 1. The van der Waals surface area contributed by atoms with E-state index in [9.17, 15) is 0 Å². The molecule has 2 N–H and O–H groups in total. The standard InChI is InChI=1S/C22H25N9O/c1-30(2)8-9-31-14-16(12-27-31)19-28-20(29-32-19)22(6-3-7-22)17-4-5-18(24-13-17)15-10-25-21(23)26-11-15/h4-5,10-14H,3,6-9H2,1-2H3,(H2,23,25,26). The molecule has 32 heavy (non-hydrogen) atoms. The van der Waals surface area contributed by atoms with Crippen LogP contribution in [0, 0.1) is 0 Å². The van der Waals surface area contributed by atoms with Crippen LogP contribution < -0.4 is 5.73 Å². The van der Waals surface area contributed by atoms with Gasteiger partial charge in [0, 0.05) is 36.9 Å². The molecule has 0 saturated heterocycles. The number of hydrogen-bond acceptors (Lipinski definition) is 9. The molecule has 0 aromatic carbocycles. The topological polar surface area (TPSA) is 125 Å². The van der Waals surface area contributed by atoms with Crippen LogP contribution in [-0.2, 0) is 12.0 Å². The van der Waals surface area contributed by atoms with Gasteiger partial charge in [0.25, 0.3) is 5.89 Å². The lowest BCUT2D eigenvalue weighted by Gasteiger charge is -2.39. The highest BCUT2D eigenvalue weighted by atomic mass is 16.5. The van der Waals surface area contributed by atoms with Crippen LogP contribution in [0.2, 0.25) is 0 Å². The van der Waals surface area contributed by atoms with Crippen molar-refractivity contribution < 1.29 is 4.52 Å². The summed E-state index contributed by atoms with van der Waals surface area (Å²) in [7, 11) is 4.08. The molecule has 164 valence electrons. The van der Waals surface area contributed by atoms with Crippen LogP contribution in [0.15, 0.2) is 47.6 Å². The van der Waals surface area contributed by atoms with Crippen molar-refractivity contribution in [3.05, 3.63) is 54.5 Å². The van der Waals surface area contributed by atoms with E-state index in [1.165, 1.54) is 0 Å². The predicted octanol–water partition coefficient (Wildman–Crippen LogP) is 2.40. The van der Waals surface area contributed by atoms with Gasteiger partial charge in [-0.1, -0.05) is 17.6 Å². The molecule has 1 saturated carbocycles. The summed E-state index contributed by atoms with van der Waals surface area (Å²) in [5.74, 6) is 1.44. The first-order valence-corrected chi connectivity index (χ1v) is 10.6. The third-order valence-corrected chi connectivity index (χ3v) is 6.00.